The number of rotatable bonds is 7. The van der Waals surface area contributed by atoms with E-state index in [1.54, 1.807) is 0 Å². The van der Waals surface area contributed by atoms with Crippen molar-refractivity contribution in [2.24, 2.45) is 17.8 Å². The number of hydrogen-bond acceptors (Lipinski definition) is 2. The van der Waals surface area contributed by atoms with Crippen LogP contribution < -0.4 is 5.32 Å². The first-order valence-corrected chi connectivity index (χ1v) is 6.60. The minimum atomic E-state index is -0.128. The van der Waals surface area contributed by atoms with Crippen molar-refractivity contribution in [1.82, 2.24) is 5.32 Å². The maximum atomic E-state index is 9.71. The standard InChI is InChI=1S/C13H25NO/c1-9(2)12(15)7-8-14-13(10-3-4-10)11-5-6-11/h9-15H,3-8H2,1-2H3. The summed E-state index contributed by atoms with van der Waals surface area (Å²) in [7, 11) is 0. The van der Waals surface area contributed by atoms with Crippen molar-refractivity contribution in [3.63, 3.8) is 0 Å². The first kappa shape index (κ1) is 11.4. The average molecular weight is 211 g/mol. The Morgan fingerprint density at radius 1 is 1.13 bits per heavy atom. The van der Waals surface area contributed by atoms with Gasteiger partial charge >= 0.3 is 0 Å². The van der Waals surface area contributed by atoms with Crippen LogP contribution >= 0.6 is 0 Å². The average Bonchev–Trinajstić information content (AvgIpc) is 3.01. The highest BCUT2D eigenvalue weighted by Gasteiger charge is 2.40. The van der Waals surface area contributed by atoms with Crippen molar-refractivity contribution in [2.75, 3.05) is 6.54 Å². The van der Waals surface area contributed by atoms with Crippen LogP contribution in [0.25, 0.3) is 0 Å². The van der Waals surface area contributed by atoms with Crippen LogP contribution in [0.1, 0.15) is 46.0 Å². The SMILES string of the molecule is CC(C)C(O)CCNC(C1CC1)C1CC1. The molecular weight excluding hydrogens is 186 g/mol. The molecule has 15 heavy (non-hydrogen) atoms. The summed E-state index contributed by atoms with van der Waals surface area (Å²) >= 11 is 0. The summed E-state index contributed by atoms with van der Waals surface area (Å²) in [6.07, 6.45) is 6.51. The molecule has 88 valence electrons. The second-order valence-corrected chi connectivity index (χ2v) is 5.75. The van der Waals surface area contributed by atoms with E-state index >= 15 is 0 Å². The molecule has 2 aliphatic carbocycles. The zero-order valence-corrected chi connectivity index (χ0v) is 10.1. The summed E-state index contributed by atoms with van der Waals surface area (Å²) in [5.41, 5.74) is 0. The van der Waals surface area contributed by atoms with Crippen LogP contribution in [0.2, 0.25) is 0 Å². The molecule has 2 nitrogen and oxygen atoms in total. The smallest absolute Gasteiger partial charge is 0.0575 e. The predicted octanol–water partition coefficient (Wildman–Crippen LogP) is 2.17. The molecule has 2 fully saturated rings. The topological polar surface area (TPSA) is 32.3 Å². The highest BCUT2D eigenvalue weighted by Crippen LogP contribution is 2.44. The zero-order chi connectivity index (χ0) is 10.8. The maximum absolute atomic E-state index is 9.71. The maximum Gasteiger partial charge on any atom is 0.0575 e. The molecule has 0 amide bonds. The highest BCUT2D eigenvalue weighted by molar-refractivity contribution is 4.96. The Morgan fingerprint density at radius 3 is 2.07 bits per heavy atom. The molecule has 2 N–H and O–H groups in total. The Balaban J connectivity index is 1.63. The Bertz CT molecular complexity index is 185. The summed E-state index contributed by atoms with van der Waals surface area (Å²) in [5.74, 6) is 2.33. The van der Waals surface area contributed by atoms with Crippen LogP contribution in [0.15, 0.2) is 0 Å². The van der Waals surface area contributed by atoms with Gasteiger partial charge in [0, 0.05) is 6.04 Å². The minimum Gasteiger partial charge on any atom is -0.393 e. The van der Waals surface area contributed by atoms with Crippen molar-refractivity contribution < 1.29 is 5.11 Å². The summed E-state index contributed by atoms with van der Waals surface area (Å²) in [5, 5.41) is 13.4. The van der Waals surface area contributed by atoms with Gasteiger partial charge < -0.3 is 10.4 Å². The van der Waals surface area contributed by atoms with Crippen LogP contribution in [0.5, 0.6) is 0 Å². The molecule has 0 spiro atoms. The third-order valence-electron chi connectivity index (χ3n) is 3.85. The van der Waals surface area contributed by atoms with Crippen LogP contribution in [0.3, 0.4) is 0 Å². The Hall–Kier alpha value is -0.0800. The second-order valence-electron chi connectivity index (χ2n) is 5.75. The molecule has 1 unspecified atom stereocenters. The van der Waals surface area contributed by atoms with Crippen molar-refractivity contribution in [1.29, 1.82) is 0 Å². The van der Waals surface area contributed by atoms with Gasteiger partial charge in [0.1, 0.15) is 0 Å². The van der Waals surface area contributed by atoms with Gasteiger partial charge in [0.2, 0.25) is 0 Å². The fraction of sp³-hybridized carbons (Fsp3) is 1.00. The van der Waals surface area contributed by atoms with Gasteiger partial charge in [-0.2, -0.15) is 0 Å². The summed E-state index contributed by atoms with van der Waals surface area (Å²) < 4.78 is 0. The summed E-state index contributed by atoms with van der Waals surface area (Å²) in [4.78, 5) is 0. The largest absolute Gasteiger partial charge is 0.393 e. The van der Waals surface area contributed by atoms with Crippen LogP contribution in [0.4, 0.5) is 0 Å². The van der Waals surface area contributed by atoms with Crippen molar-refractivity contribution >= 4 is 0 Å². The van der Waals surface area contributed by atoms with Crippen molar-refractivity contribution in [3.05, 3.63) is 0 Å². The fourth-order valence-corrected chi connectivity index (χ4v) is 2.36. The van der Waals surface area contributed by atoms with Crippen molar-refractivity contribution in [3.8, 4) is 0 Å². The second kappa shape index (κ2) is 4.84. The van der Waals surface area contributed by atoms with Gasteiger partial charge in [0.05, 0.1) is 6.10 Å². The van der Waals surface area contributed by atoms with Gasteiger partial charge in [-0.15, -0.1) is 0 Å². The number of hydrogen-bond donors (Lipinski definition) is 2. The lowest BCUT2D eigenvalue weighted by Crippen LogP contribution is -2.35. The molecule has 1 atom stereocenters. The first-order valence-electron chi connectivity index (χ1n) is 6.60. The minimum absolute atomic E-state index is 0.128. The van der Waals surface area contributed by atoms with Crippen LogP contribution in [0, 0.1) is 17.8 Å². The highest BCUT2D eigenvalue weighted by atomic mass is 16.3. The van der Waals surface area contributed by atoms with Gasteiger partial charge in [-0.3, -0.25) is 0 Å². The lowest BCUT2D eigenvalue weighted by atomic mass is 10.0. The monoisotopic (exact) mass is 211 g/mol. The summed E-state index contributed by atoms with van der Waals surface area (Å²) in [6.45, 7) is 5.17. The molecule has 0 aromatic rings. The van der Waals surface area contributed by atoms with Crippen LogP contribution in [-0.4, -0.2) is 23.8 Å². The van der Waals surface area contributed by atoms with Crippen LogP contribution in [-0.2, 0) is 0 Å². The molecule has 0 bridgehead atoms. The first-order chi connectivity index (χ1) is 7.18. The molecule has 2 heteroatoms. The van der Waals surface area contributed by atoms with Gasteiger partial charge in [0.15, 0.2) is 0 Å². The fourth-order valence-electron chi connectivity index (χ4n) is 2.36. The van der Waals surface area contributed by atoms with Gasteiger partial charge in [0.25, 0.3) is 0 Å². The lowest BCUT2D eigenvalue weighted by Gasteiger charge is -2.20. The number of nitrogens with one attached hydrogen (secondary N) is 1. The predicted molar refractivity (Wildman–Crippen MR) is 62.7 cm³/mol. The van der Waals surface area contributed by atoms with E-state index in [2.05, 4.69) is 19.2 Å². The molecule has 0 saturated heterocycles. The Kier molecular flexibility index (Phi) is 3.68. The molecule has 2 saturated carbocycles. The lowest BCUT2D eigenvalue weighted by molar-refractivity contribution is 0.114. The van der Waals surface area contributed by atoms with Crippen molar-refractivity contribution in [2.45, 2.75) is 58.1 Å². The van der Waals surface area contributed by atoms with E-state index < -0.39 is 0 Å². The van der Waals surface area contributed by atoms with Gasteiger partial charge in [-0.1, -0.05) is 13.8 Å². The van der Waals surface area contributed by atoms with E-state index in [0.29, 0.717) is 5.92 Å². The molecular formula is C13H25NO. The number of aliphatic hydroxyl groups is 1. The quantitative estimate of drug-likeness (QED) is 0.676. The molecule has 2 rings (SSSR count). The molecule has 0 aromatic heterocycles. The number of aliphatic hydroxyl groups excluding tert-OH is 1. The molecule has 0 aromatic carbocycles. The molecule has 0 aliphatic heterocycles. The molecule has 0 heterocycles. The Morgan fingerprint density at radius 2 is 1.67 bits per heavy atom. The normalized spacial score (nSPS) is 23.8. The third-order valence-corrected chi connectivity index (χ3v) is 3.85. The van der Waals surface area contributed by atoms with E-state index in [4.69, 9.17) is 0 Å². The van der Waals surface area contributed by atoms with E-state index in [-0.39, 0.29) is 6.10 Å². The van der Waals surface area contributed by atoms with E-state index in [0.717, 1.165) is 30.8 Å². The van der Waals surface area contributed by atoms with E-state index in [1.807, 2.05) is 0 Å². The molecule has 2 aliphatic rings. The Labute approximate surface area is 93.5 Å². The van der Waals surface area contributed by atoms with E-state index in [9.17, 15) is 5.11 Å². The molecule has 0 radical (unpaired) electrons. The summed E-state index contributed by atoms with van der Waals surface area (Å²) in [6, 6.07) is 0.782. The van der Waals surface area contributed by atoms with Gasteiger partial charge in [-0.25, -0.2) is 0 Å². The van der Waals surface area contributed by atoms with Gasteiger partial charge in [-0.05, 0) is 56.4 Å². The van der Waals surface area contributed by atoms with E-state index in [1.165, 1.54) is 25.7 Å². The zero-order valence-electron chi connectivity index (χ0n) is 10.1. The third kappa shape index (κ3) is 3.46.